The number of aromatic hydroxyl groups is 1. The van der Waals surface area contributed by atoms with Crippen LogP contribution in [0, 0.1) is 12.7 Å². The minimum Gasteiger partial charge on any atom is -0.506 e. The molecule has 1 aromatic rings. The minimum absolute atomic E-state index is 0.110. The maximum atomic E-state index is 13.0. The summed E-state index contributed by atoms with van der Waals surface area (Å²) in [5.41, 5.74) is 1.01. The first-order valence-corrected chi connectivity index (χ1v) is 3.69. The molecule has 0 heterocycles. The van der Waals surface area contributed by atoms with Crippen LogP contribution in [-0.2, 0) is 0 Å². The highest BCUT2D eigenvalue weighted by atomic mass is 19.1. The van der Waals surface area contributed by atoms with Crippen molar-refractivity contribution in [1.29, 1.82) is 0 Å². The van der Waals surface area contributed by atoms with Crippen LogP contribution in [0.15, 0.2) is 12.1 Å². The van der Waals surface area contributed by atoms with Crippen LogP contribution in [0.25, 0.3) is 0 Å². The zero-order valence-corrected chi connectivity index (χ0v) is 7.43. The van der Waals surface area contributed by atoms with Crippen molar-refractivity contribution in [3.8, 4) is 5.75 Å². The topological polar surface area (TPSA) is 23.5 Å². The SMILES string of the molecule is Cc1c(F)ccc(O)c1N(C)C. The van der Waals surface area contributed by atoms with Gasteiger partial charge in [-0.2, -0.15) is 0 Å². The average Bonchev–Trinajstić information content (AvgIpc) is 1.97. The lowest BCUT2D eigenvalue weighted by Gasteiger charge is -2.17. The Hall–Kier alpha value is -1.25. The van der Waals surface area contributed by atoms with Gasteiger partial charge in [-0.25, -0.2) is 4.39 Å². The van der Waals surface area contributed by atoms with Crippen LogP contribution in [0.2, 0.25) is 0 Å². The molecule has 1 aromatic carbocycles. The second-order valence-corrected chi connectivity index (χ2v) is 2.93. The van der Waals surface area contributed by atoms with Crippen molar-refractivity contribution in [2.75, 3.05) is 19.0 Å². The molecule has 0 amide bonds. The summed E-state index contributed by atoms with van der Waals surface area (Å²) in [4.78, 5) is 1.69. The molecule has 3 heteroatoms. The molecule has 0 aliphatic carbocycles. The highest BCUT2D eigenvalue weighted by molar-refractivity contribution is 5.62. The van der Waals surface area contributed by atoms with Crippen LogP contribution in [0.4, 0.5) is 10.1 Å². The maximum Gasteiger partial charge on any atom is 0.139 e. The van der Waals surface area contributed by atoms with Gasteiger partial charge in [-0.05, 0) is 19.1 Å². The summed E-state index contributed by atoms with van der Waals surface area (Å²) < 4.78 is 13.0. The van der Waals surface area contributed by atoms with Crippen molar-refractivity contribution in [1.82, 2.24) is 0 Å². The highest BCUT2D eigenvalue weighted by Gasteiger charge is 2.10. The van der Waals surface area contributed by atoms with Crippen LogP contribution in [-0.4, -0.2) is 19.2 Å². The first kappa shape index (κ1) is 8.84. The number of hydrogen-bond acceptors (Lipinski definition) is 2. The molecule has 2 nitrogen and oxygen atoms in total. The average molecular weight is 169 g/mol. The number of phenols is 1. The number of hydrogen-bond donors (Lipinski definition) is 1. The lowest BCUT2D eigenvalue weighted by Crippen LogP contribution is -2.11. The molecule has 0 unspecified atom stereocenters. The molecule has 0 aromatic heterocycles. The summed E-state index contributed by atoms with van der Waals surface area (Å²) in [6.07, 6.45) is 0. The van der Waals surface area contributed by atoms with Gasteiger partial charge in [-0.15, -0.1) is 0 Å². The fraction of sp³-hybridized carbons (Fsp3) is 0.333. The third-order valence-corrected chi connectivity index (χ3v) is 1.79. The molecular formula is C9H12FNO. The van der Waals surface area contributed by atoms with Gasteiger partial charge in [-0.3, -0.25) is 0 Å². The second-order valence-electron chi connectivity index (χ2n) is 2.93. The van der Waals surface area contributed by atoms with Crippen LogP contribution < -0.4 is 4.90 Å². The van der Waals surface area contributed by atoms with Gasteiger partial charge in [0.2, 0.25) is 0 Å². The van der Waals surface area contributed by atoms with Crippen LogP contribution in [0.1, 0.15) is 5.56 Å². The molecule has 0 bridgehead atoms. The van der Waals surface area contributed by atoms with E-state index in [1.807, 2.05) is 0 Å². The molecule has 66 valence electrons. The number of halogens is 1. The Balaban J connectivity index is 3.33. The fourth-order valence-electron chi connectivity index (χ4n) is 1.23. The Morgan fingerprint density at radius 3 is 2.33 bits per heavy atom. The Labute approximate surface area is 71.2 Å². The summed E-state index contributed by atoms with van der Waals surface area (Å²) in [7, 11) is 3.53. The number of rotatable bonds is 1. The Bertz CT molecular complexity index is 297. The third-order valence-electron chi connectivity index (χ3n) is 1.79. The largest absolute Gasteiger partial charge is 0.506 e. The first-order chi connectivity index (χ1) is 5.54. The summed E-state index contributed by atoms with van der Waals surface area (Å²) in [5, 5.41) is 9.38. The van der Waals surface area contributed by atoms with E-state index in [2.05, 4.69) is 0 Å². The summed E-state index contributed by atoms with van der Waals surface area (Å²) in [5.74, 6) is -0.185. The van der Waals surface area contributed by atoms with Crippen LogP contribution >= 0.6 is 0 Å². The summed E-state index contributed by atoms with van der Waals surface area (Å²) >= 11 is 0. The Morgan fingerprint density at radius 2 is 1.92 bits per heavy atom. The van der Waals surface area contributed by atoms with Crippen molar-refractivity contribution in [3.63, 3.8) is 0 Å². The minimum atomic E-state index is -0.295. The van der Waals surface area contributed by atoms with Gasteiger partial charge < -0.3 is 10.0 Å². The molecular weight excluding hydrogens is 157 g/mol. The standard InChI is InChI=1S/C9H12FNO/c1-6-7(10)4-5-8(12)9(6)11(2)3/h4-5,12H,1-3H3. The smallest absolute Gasteiger partial charge is 0.139 e. The van der Waals surface area contributed by atoms with Gasteiger partial charge in [0.25, 0.3) is 0 Å². The van der Waals surface area contributed by atoms with Gasteiger partial charge in [0.1, 0.15) is 11.6 Å². The van der Waals surface area contributed by atoms with Gasteiger partial charge in [0, 0.05) is 19.7 Å². The van der Waals surface area contributed by atoms with Crippen molar-refractivity contribution in [3.05, 3.63) is 23.5 Å². The van der Waals surface area contributed by atoms with E-state index < -0.39 is 0 Å². The quantitative estimate of drug-likeness (QED) is 0.694. The molecule has 0 aliphatic heterocycles. The lowest BCUT2D eigenvalue weighted by atomic mass is 10.1. The highest BCUT2D eigenvalue weighted by Crippen LogP contribution is 2.30. The van der Waals surface area contributed by atoms with E-state index in [0.717, 1.165) is 0 Å². The normalized spacial score (nSPS) is 10.0. The summed E-state index contributed by atoms with van der Waals surface area (Å²) in [6, 6.07) is 2.62. The van der Waals surface area contributed by atoms with Gasteiger partial charge in [-0.1, -0.05) is 0 Å². The van der Waals surface area contributed by atoms with Crippen molar-refractivity contribution in [2.45, 2.75) is 6.92 Å². The van der Waals surface area contributed by atoms with Crippen LogP contribution in [0.5, 0.6) is 5.75 Å². The number of anilines is 1. The first-order valence-electron chi connectivity index (χ1n) is 3.69. The fourth-order valence-corrected chi connectivity index (χ4v) is 1.23. The van der Waals surface area contributed by atoms with E-state index in [1.165, 1.54) is 12.1 Å². The molecule has 12 heavy (non-hydrogen) atoms. The predicted molar refractivity (Wildman–Crippen MR) is 47.1 cm³/mol. The monoisotopic (exact) mass is 169 g/mol. The Morgan fingerprint density at radius 1 is 1.33 bits per heavy atom. The molecule has 0 saturated heterocycles. The molecule has 0 atom stereocenters. The van der Waals surface area contributed by atoms with Crippen molar-refractivity contribution >= 4 is 5.69 Å². The molecule has 0 radical (unpaired) electrons. The van der Waals surface area contributed by atoms with E-state index >= 15 is 0 Å². The maximum absolute atomic E-state index is 13.0. The lowest BCUT2D eigenvalue weighted by molar-refractivity contribution is 0.472. The second kappa shape index (κ2) is 3.01. The molecule has 0 fully saturated rings. The zero-order chi connectivity index (χ0) is 9.30. The van der Waals surface area contributed by atoms with E-state index in [1.54, 1.807) is 25.9 Å². The zero-order valence-electron chi connectivity index (χ0n) is 7.43. The predicted octanol–water partition coefficient (Wildman–Crippen LogP) is 1.91. The molecule has 1 N–H and O–H groups in total. The van der Waals surface area contributed by atoms with Gasteiger partial charge in [0.15, 0.2) is 0 Å². The molecule has 0 spiro atoms. The Kier molecular flexibility index (Phi) is 2.22. The van der Waals surface area contributed by atoms with E-state index in [-0.39, 0.29) is 11.6 Å². The van der Waals surface area contributed by atoms with Crippen molar-refractivity contribution < 1.29 is 9.50 Å². The molecule has 0 aliphatic rings. The van der Waals surface area contributed by atoms with Crippen molar-refractivity contribution in [2.24, 2.45) is 0 Å². The third kappa shape index (κ3) is 1.35. The van der Waals surface area contributed by atoms with E-state index in [4.69, 9.17) is 0 Å². The van der Waals surface area contributed by atoms with E-state index in [9.17, 15) is 9.50 Å². The number of nitrogens with zero attached hydrogens (tertiary/aromatic N) is 1. The van der Waals surface area contributed by atoms with Gasteiger partial charge in [0.05, 0.1) is 5.69 Å². The van der Waals surface area contributed by atoms with Crippen LogP contribution in [0.3, 0.4) is 0 Å². The van der Waals surface area contributed by atoms with Gasteiger partial charge >= 0.3 is 0 Å². The number of phenolic OH excluding ortho intramolecular Hbond substituents is 1. The summed E-state index contributed by atoms with van der Waals surface area (Å²) in [6.45, 7) is 1.64. The molecule has 1 rings (SSSR count). The van der Waals surface area contributed by atoms with E-state index in [0.29, 0.717) is 11.3 Å². The number of benzene rings is 1. The molecule has 0 saturated carbocycles.